The van der Waals surface area contributed by atoms with Crippen LogP contribution in [0.25, 0.3) is 4.96 Å². The lowest BCUT2D eigenvalue weighted by molar-refractivity contribution is -0.127. The second kappa shape index (κ2) is 7.59. The normalized spacial score (nSPS) is 20.6. The topological polar surface area (TPSA) is 61.2 Å². The molecule has 0 N–H and O–H groups in total. The van der Waals surface area contributed by atoms with E-state index >= 15 is 0 Å². The third-order valence-electron chi connectivity index (χ3n) is 5.62. The SMILES string of the molecule is CCN1C[C@@H](CN(C)Cc2c(C(=O)N3CCCC3)nc3sccn23)CC1=O. The van der Waals surface area contributed by atoms with Crippen molar-refractivity contribution < 1.29 is 9.59 Å². The summed E-state index contributed by atoms with van der Waals surface area (Å²) in [6.45, 7) is 6.80. The summed E-state index contributed by atoms with van der Waals surface area (Å²) in [6.07, 6.45) is 4.77. The van der Waals surface area contributed by atoms with Crippen LogP contribution in [0.1, 0.15) is 42.4 Å². The molecule has 1 atom stereocenters. The number of hydrogen-bond donors (Lipinski definition) is 0. The van der Waals surface area contributed by atoms with Gasteiger partial charge in [-0.1, -0.05) is 0 Å². The van der Waals surface area contributed by atoms with E-state index in [4.69, 9.17) is 0 Å². The zero-order chi connectivity index (χ0) is 19.0. The predicted octanol–water partition coefficient (Wildman–Crippen LogP) is 1.93. The molecule has 2 aliphatic heterocycles. The second-order valence-electron chi connectivity index (χ2n) is 7.66. The average molecular weight is 390 g/mol. The van der Waals surface area contributed by atoms with Crippen molar-refractivity contribution >= 4 is 28.1 Å². The number of nitrogens with zero attached hydrogens (tertiary/aromatic N) is 5. The fourth-order valence-electron chi connectivity index (χ4n) is 4.27. The lowest BCUT2D eigenvalue weighted by Gasteiger charge is -2.22. The van der Waals surface area contributed by atoms with Crippen molar-refractivity contribution in [3.63, 3.8) is 0 Å². The van der Waals surface area contributed by atoms with Crippen LogP contribution < -0.4 is 0 Å². The maximum absolute atomic E-state index is 13.0. The van der Waals surface area contributed by atoms with Gasteiger partial charge in [-0.15, -0.1) is 11.3 Å². The first-order chi connectivity index (χ1) is 13.1. The Labute approximate surface area is 163 Å². The first-order valence-corrected chi connectivity index (χ1v) is 10.6. The van der Waals surface area contributed by atoms with Crippen molar-refractivity contribution in [2.24, 2.45) is 5.92 Å². The number of rotatable bonds is 6. The van der Waals surface area contributed by atoms with E-state index < -0.39 is 0 Å². The van der Waals surface area contributed by atoms with Crippen molar-refractivity contribution in [3.05, 3.63) is 23.0 Å². The van der Waals surface area contributed by atoms with Crippen LogP contribution in [0, 0.1) is 5.92 Å². The summed E-state index contributed by atoms with van der Waals surface area (Å²) in [5.41, 5.74) is 1.55. The molecular formula is C19H27N5O2S. The molecule has 4 rings (SSSR count). The van der Waals surface area contributed by atoms with Gasteiger partial charge in [0, 0.05) is 57.3 Å². The molecule has 7 nitrogen and oxygen atoms in total. The molecule has 146 valence electrons. The summed E-state index contributed by atoms with van der Waals surface area (Å²) in [5, 5.41) is 2.00. The van der Waals surface area contributed by atoms with E-state index in [9.17, 15) is 9.59 Å². The summed E-state index contributed by atoms with van der Waals surface area (Å²) in [4.78, 5) is 36.5. The van der Waals surface area contributed by atoms with Gasteiger partial charge in [0.15, 0.2) is 10.7 Å². The Morgan fingerprint density at radius 1 is 1.37 bits per heavy atom. The molecule has 27 heavy (non-hydrogen) atoms. The number of thiazole rings is 1. The Bertz CT molecular complexity index is 838. The van der Waals surface area contributed by atoms with Gasteiger partial charge >= 0.3 is 0 Å². The molecule has 0 aliphatic carbocycles. The van der Waals surface area contributed by atoms with Crippen LogP contribution in [0.2, 0.25) is 0 Å². The van der Waals surface area contributed by atoms with E-state index in [1.54, 1.807) is 11.3 Å². The maximum atomic E-state index is 13.0. The average Bonchev–Trinajstić information content (AvgIpc) is 3.40. The van der Waals surface area contributed by atoms with Gasteiger partial charge < -0.3 is 14.7 Å². The monoisotopic (exact) mass is 389 g/mol. The molecule has 0 radical (unpaired) electrons. The Morgan fingerprint density at radius 2 is 2.15 bits per heavy atom. The number of aromatic nitrogens is 2. The Morgan fingerprint density at radius 3 is 2.85 bits per heavy atom. The molecule has 2 fully saturated rings. The minimum atomic E-state index is 0.0556. The maximum Gasteiger partial charge on any atom is 0.274 e. The molecule has 2 amide bonds. The minimum Gasteiger partial charge on any atom is -0.343 e. The minimum absolute atomic E-state index is 0.0556. The first-order valence-electron chi connectivity index (χ1n) is 9.76. The first kappa shape index (κ1) is 18.4. The quantitative estimate of drug-likeness (QED) is 0.757. The predicted molar refractivity (Wildman–Crippen MR) is 105 cm³/mol. The highest BCUT2D eigenvalue weighted by molar-refractivity contribution is 7.15. The fraction of sp³-hybridized carbons (Fsp3) is 0.632. The molecule has 0 aromatic carbocycles. The van der Waals surface area contributed by atoms with Gasteiger partial charge in [-0.05, 0) is 32.7 Å². The molecule has 2 aliphatic rings. The molecule has 0 saturated carbocycles. The van der Waals surface area contributed by atoms with Crippen molar-refractivity contribution in [3.8, 4) is 0 Å². The molecule has 8 heteroatoms. The zero-order valence-corrected chi connectivity index (χ0v) is 16.9. The van der Waals surface area contributed by atoms with E-state index in [-0.39, 0.29) is 11.8 Å². The van der Waals surface area contributed by atoms with Crippen LogP contribution >= 0.6 is 11.3 Å². The number of hydrogen-bond acceptors (Lipinski definition) is 5. The highest BCUT2D eigenvalue weighted by Gasteiger charge is 2.30. The van der Waals surface area contributed by atoms with Gasteiger partial charge in [-0.3, -0.25) is 14.0 Å². The lowest BCUT2D eigenvalue weighted by atomic mass is 10.1. The van der Waals surface area contributed by atoms with E-state index in [0.717, 1.165) is 56.2 Å². The summed E-state index contributed by atoms with van der Waals surface area (Å²) in [7, 11) is 2.06. The summed E-state index contributed by atoms with van der Waals surface area (Å²) in [5.74, 6) is 0.663. The van der Waals surface area contributed by atoms with Crippen LogP contribution in [0.5, 0.6) is 0 Å². The van der Waals surface area contributed by atoms with Crippen molar-refractivity contribution in [2.75, 3.05) is 39.8 Å². The van der Waals surface area contributed by atoms with Crippen LogP contribution in [0.4, 0.5) is 0 Å². The number of fused-ring (bicyclic) bond motifs is 1. The molecule has 2 aromatic rings. The summed E-state index contributed by atoms with van der Waals surface area (Å²) < 4.78 is 2.04. The van der Waals surface area contributed by atoms with Crippen LogP contribution in [0.15, 0.2) is 11.6 Å². The number of likely N-dealkylation sites (tertiary alicyclic amines) is 2. The van der Waals surface area contributed by atoms with Gasteiger partial charge in [0.05, 0.1) is 5.69 Å². The molecule has 0 unspecified atom stereocenters. The van der Waals surface area contributed by atoms with Gasteiger partial charge in [0.25, 0.3) is 5.91 Å². The smallest absolute Gasteiger partial charge is 0.274 e. The summed E-state index contributed by atoms with van der Waals surface area (Å²) in [6, 6.07) is 0. The number of carbonyl (C=O) groups excluding carboxylic acids is 2. The number of carbonyl (C=O) groups is 2. The molecule has 4 heterocycles. The molecular weight excluding hydrogens is 362 g/mol. The van der Waals surface area contributed by atoms with Gasteiger partial charge in [-0.2, -0.15) is 0 Å². The molecule has 2 saturated heterocycles. The third-order valence-corrected chi connectivity index (χ3v) is 6.38. The largest absolute Gasteiger partial charge is 0.343 e. The molecule has 0 spiro atoms. The van der Waals surface area contributed by atoms with Crippen LogP contribution in [-0.4, -0.2) is 75.7 Å². The fourth-order valence-corrected chi connectivity index (χ4v) is 5.00. The second-order valence-corrected chi connectivity index (χ2v) is 8.53. The van der Waals surface area contributed by atoms with Gasteiger partial charge in [0.2, 0.25) is 5.91 Å². The van der Waals surface area contributed by atoms with Gasteiger partial charge in [-0.25, -0.2) is 4.98 Å². The van der Waals surface area contributed by atoms with Crippen LogP contribution in [0.3, 0.4) is 0 Å². The van der Waals surface area contributed by atoms with E-state index in [2.05, 4.69) is 16.9 Å². The lowest BCUT2D eigenvalue weighted by Crippen LogP contribution is -2.31. The molecule has 0 bridgehead atoms. The van der Waals surface area contributed by atoms with Crippen molar-refractivity contribution in [1.82, 2.24) is 24.1 Å². The highest BCUT2D eigenvalue weighted by atomic mass is 32.1. The van der Waals surface area contributed by atoms with E-state index in [1.807, 2.05) is 32.7 Å². The standard InChI is InChI=1S/C19H27N5O2S/c1-3-22-12-14(10-16(22)25)11-21(2)13-15-17(18(26)23-6-4-5-7-23)20-19-24(15)8-9-27-19/h8-9,14H,3-7,10-13H2,1-2H3/t14-/m1/s1. The Kier molecular flexibility index (Phi) is 5.19. The molecule has 2 aromatic heterocycles. The number of amides is 2. The van der Waals surface area contributed by atoms with Crippen molar-refractivity contribution in [1.29, 1.82) is 0 Å². The van der Waals surface area contributed by atoms with E-state index in [1.165, 1.54) is 0 Å². The highest BCUT2D eigenvalue weighted by Crippen LogP contribution is 2.23. The summed E-state index contributed by atoms with van der Waals surface area (Å²) >= 11 is 1.56. The van der Waals surface area contributed by atoms with E-state index in [0.29, 0.717) is 24.6 Å². The third kappa shape index (κ3) is 3.60. The zero-order valence-electron chi connectivity index (χ0n) is 16.1. The number of imidazole rings is 1. The van der Waals surface area contributed by atoms with Crippen molar-refractivity contribution in [2.45, 2.75) is 32.7 Å². The van der Waals surface area contributed by atoms with Gasteiger partial charge in [0.1, 0.15) is 0 Å². The van der Waals surface area contributed by atoms with Crippen LogP contribution in [-0.2, 0) is 11.3 Å². The Balaban J connectivity index is 1.50. The Hall–Kier alpha value is -1.93.